The number of hydrogen-bond donors (Lipinski definition) is 3. The molecule has 0 amide bonds. The Morgan fingerprint density at radius 3 is 2.59 bits per heavy atom. The lowest BCUT2D eigenvalue weighted by Gasteiger charge is -2.36. The van der Waals surface area contributed by atoms with Crippen molar-refractivity contribution in [2.75, 3.05) is 23.3 Å². The van der Waals surface area contributed by atoms with Gasteiger partial charge < -0.3 is 20.5 Å². The first-order chi connectivity index (χ1) is 15.3. The van der Waals surface area contributed by atoms with Crippen molar-refractivity contribution in [3.63, 3.8) is 0 Å². The fourth-order valence-corrected chi connectivity index (χ4v) is 4.06. The molecule has 0 radical (unpaired) electrons. The van der Waals surface area contributed by atoms with E-state index in [0.717, 1.165) is 21.7 Å². The minimum Gasteiger partial charge on any atom is -0.360 e. The molecule has 0 spiro atoms. The summed E-state index contributed by atoms with van der Waals surface area (Å²) in [6.45, 7) is 5.42. The Bertz CT molecular complexity index is 1220. The maximum Gasteiger partial charge on any atom is 0.435 e. The number of nitrogens with one attached hydrogen (secondary N) is 3. The van der Waals surface area contributed by atoms with Crippen LogP contribution >= 0.6 is 0 Å². The molecule has 0 aliphatic carbocycles. The van der Waals surface area contributed by atoms with Crippen molar-refractivity contribution < 1.29 is 13.2 Å². The number of nitrogens with zero attached hydrogens (tertiary/aromatic N) is 6. The fraction of sp³-hybridized carbons (Fsp3) is 0.400. The van der Waals surface area contributed by atoms with Crippen LogP contribution in [0.25, 0.3) is 16.7 Å². The van der Waals surface area contributed by atoms with Crippen molar-refractivity contribution in [3.8, 4) is 0 Å². The number of rotatable bonds is 4. The Morgan fingerprint density at radius 2 is 1.88 bits per heavy atom. The molecule has 3 N–H and O–H groups in total. The summed E-state index contributed by atoms with van der Waals surface area (Å²) in [6, 6.07) is 7.87. The van der Waals surface area contributed by atoms with Crippen LogP contribution in [0.1, 0.15) is 25.4 Å². The number of hydrogen-bond acceptors (Lipinski definition) is 7. The van der Waals surface area contributed by atoms with Gasteiger partial charge in [-0.1, -0.05) is 12.1 Å². The third kappa shape index (κ3) is 3.81. The summed E-state index contributed by atoms with van der Waals surface area (Å²) in [5, 5.41) is 10.7. The van der Waals surface area contributed by atoms with Crippen LogP contribution in [0, 0.1) is 0 Å². The van der Waals surface area contributed by atoms with E-state index in [9.17, 15) is 13.2 Å². The van der Waals surface area contributed by atoms with Crippen LogP contribution in [-0.2, 0) is 12.7 Å². The Kier molecular flexibility index (Phi) is 4.88. The van der Waals surface area contributed by atoms with Crippen molar-refractivity contribution in [3.05, 3.63) is 42.0 Å². The van der Waals surface area contributed by atoms with Gasteiger partial charge in [0.15, 0.2) is 17.2 Å². The molecule has 12 heteroatoms. The van der Waals surface area contributed by atoms with Crippen molar-refractivity contribution in [2.24, 2.45) is 0 Å². The van der Waals surface area contributed by atoms with E-state index in [-0.39, 0.29) is 36.0 Å². The van der Waals surface area contributed by atoms with Crippen molar-refractivity contribution >= 4 is 28.4 Å². The molecule has 4 aromatic rings. The Hall–Kier alpha value is -3.41. The van der Waals surface area contributed by atoms with Crippen LogP contribution in [0.4, 0.5) is 24.9 Å². The number of aromatic amines is 1. The lowest BCUT2D eigenvalue weighted by molar-refractivity contribution is -0.142. The molecule has 0 unspecified atom stereocenters. The van der Waals surface area contributed by atoms with Gasteiger partial charge in [0.1, 0.15) is 5.82 Å². The van der Waals surface area contributed by atoms with Gasteiger partial charge >= 0.3 is 6.18 Å². The van der Waals surface area contributed by atoms with Gasteiger partial charge in [0.2, 0.25) is 5.95 Å². The smallest absolute Gasteiger partial charge is 0.360 e. The summed E-state index contributed by atoms with van der Waals surface area (Å²) in [4.78, 5) is 18.1. The molecular formula is C20H22F3N9. The Morgan fingerprint density at radius 1 is 1.12 bits per heavy atom. The number of fused-ring (bicyclic) bond motifs is 2. The molecular weight excluding hydrogens is 423 g/mol. The minimum atomic E-state index is -4.59. The van der Waals surface area contributed by atoms with Gasteiger partial charge in [-0.05, 0) is 26.0 Å². The van der Waals surface area contributed by atoms with Crippen LogP contribution in [0.2, 0.25) is 0 Å². The summed E-state index contributed by atoms with van der Waals surface area (Å²) in [6.07, 6.45) is -3.81. The molecule has 1 fully saturated rings. The van der Waals surface area contributed by atoms with E-state index in [1.807, 2.05) is 43.0 Å². The van der Waals surface area contributed by atoms with Crippen LogP contribution in [0.15, 0.2) is 30.5 Å². The first-order valence-corrected chi connectivity index (χ1v) is 10.3. The zero-order chi connectivity index (χ0) is 22.5. The zero-order valence-corrected chi connectivity index (χ0v) is 17.5. The maximum absolute atomic E-state index is 13.6. The molecule has 5 rings (SSSR count). The lowest BCUT2D eigenvalue weighted by Crippen LogP contribution is -2.54. The van der Waals surface area contributed by atoms with Crippen molar-refractivity contribution in [2.45, 2.75) is 38.7 Å². The highest BCUT2D eigenvalue weighted by atomic mass is 19.4. The van der Waals surface area contributed by atoms with Crippen LogP contribution in [0.5, 0.6) is 0 Å². The van der Waals surface area contributed by atoms with E-state index in [1.54, 1.807) is 0 Å². The van der Waals surface area contributed by atoms with Crippen LogP contribution < -0.4 is 15.5 Å². The van der Waals surface area contributed by atoms with Gasteiger partial charge in [-0.3, -0.25) is 0 Å². The second-order valence-electron chi connectivity index (χ2n) is 8.06. The third-order valence-electron chi connectivity index (χ3n) is 5.34. The number of halogens is 3. The van der Waals surface area contributed by atoms with E-state index in [0.29, 0.717) is 18.9 Å². The highest BCUT2D eigenvalue weighted by Crippen LogP contribution is 2.31. The standard InChI is InChI=1S/C20H22F3N9/c1-11-9-31(10-12(2)26-11)19-29-17(18-25-7-15(20(21,22)23)32(18)30-19)24-8-16-27-13-5-3-4-6-14(13)28-16/h3-7,11-12,26H,8-10H2,1-2H3,(H,27,28)(H,24,29,30)/t11-,12+. The van der Waals surface area contributed by atoms with E-state index < -0.39 is 11.9 Å². The number of imidazole rings is 2. The monoisotopic (exact) mass is 445 g/mol. The minimum absolute atomic E-state index is 0.00779. The van der Waals surface area contributed by atoms with Crippen LogP contribution in [0.3, 0.4) is 0 Å². The predicted molar refractivity (Wildman–Crippen MR) is 113 cm³/mol. The molecule has 1 aliphatic heterocycles. The van der Waals surface area contributed by atoms with E-state index in [4.69, 9.17) is 0 Å². The number of alkyl halides is 3. The summed E-state index contributed by atoms with van der Waals surface area (Å²) < 4.78 is 41.5. The first kappa shape index (κ1) is 20.5. The number of anilines is 2. The lowest BCUT2D eigenvalue weighted by atomic mass is 10.1. The summed E-state index contributed by atoms with van der Waals surface area (Å²) in [5.41, 5.74) is 0.746. The number of para-hydroxylation sites is 2. The van der Waals surface area contributed by atoms with E-state index in [2.05, 4.69) is 35.7 Å². The number of H-pyrrole nitrogens is 1. The normalized spacial score (nSPS) is 19.7. The third-order valence-corrected chi connectivity index (χ3v) is 5.34. The topological polar surface area (TPSA) is 99.1 Å². The molecule has 0 saturated carbocycles. The molecule has 0 bridgehead atoms. The van der Waals surface area contributed by atoms with Crippen molar-refractivity contribution in [1.82, 2.24) is 34.9 Å². The van der Waals surface area contributed by atoms with E-state index >= 15 is 0 Å². The average molecular weight is 445 g/mol. The molecule has 1 aliphatic rings. The highest BCUT2D eigenvalue weighted by molar-refractivity contribution is 5.75. The largest absolute Gasteiger partial charge is 0.435 e. The SMILES string of the molecule is C[C@@H]1CN(c2nc(NCc3nc4ccccc4[nH]3)c3ncc(C(F)(F)F)n3n2)C[C@H](C)N1. The van der Waals surface area contributed by atoms with Gasteiger partial charge in [-0.25, -0.2) is 14.5 Å². The summed E-state index contributed by atoms with van der Waals surface area (Å²) in [5.74, 6) is 1.06. The quantitative estimate of drug-likeness (QED) is 0.444. The molecule has 2 atom stereocenters. The highest BCUT2D eigenvalue weighted by Gasteiger charge is 2.36. The number of benzene rings is 1. The average Bonchev–Trinajstić information content (AvgIpc) is 3.34. The Labute approximate surface area is 181 Å². The molecule has 1 saturated heterocycles. The molecule has 1 aromatic carbocycles. The molecule has 32 heavy (non-hydrogen) atoms. The van der Waals surface area contributed by atoms with Gasteiger partial charge in [-0.15, -0.1) is 5.10 Å². The van der Waals surface area contributed by atoms with Gasteiger partial charge in [0.25, 0.3) is 0 Å². The second-order valence-corrected chi connectivity index (χ2v) is 8.06. The zero-order valence-electron chi connectivity index (χ0n) is 17.5. The van der Waals surface area contributed by atoms with E-state index in [1.165, 1.54) is 0 Å². The fourth-order valence-electron chi connectivity index (χ4n) is 4.06. The summed E-state index contributed by atoms with van der Waals surface area (Å²) in [7, 11) is 0. The molecule has 4 heterocycles. The molecule has 168 valence electrons. The van der Waals surface area contributed by atoms with Gasteiger partial charge in [0.05, 0.1) is 23.8 Å². The molecule has 9 nitrogen and oxygen atoms in total. The van der Waals surface area contributed by atoms with Gasteiger partial charge in [-0.2, -0.15) is 18.2 Å². The maximum atomic E-state index is 13.6. The predicted octanol–water partition coefficient (Wildman–Crippen LogP) is 2.82. The van der Waals surface area contributed by atoms with Crippen LogP contribution in [-0.4, -0.2) is 54.7 Å². The summed E-state index contributed by atoms with van der Waals surface area (Å²) >= 11 is 0. The van der Waals surface area contributed by atoms with Crippen molar-refractivity contribution in [1.29, 1.82) is 0 Å². The number of piperazine rings is 1. The molecule has 3 aromatic heterocycles. The number of aromatic nitrogens is 6. The first-order valence-electron chi connectivity index (χ1n) is 10.3. The Balaban J connectivity index is 1.53. The van der Waals surface area contributed by atoms with Gasteiger partial charge in [0, 0.05) is 25.2 Å². The second kappa shape index (κ2) is 7.62.